The highest BCUT2D eigenvalue weighted by Gasteiger charge is 2.21. The van der Waals surface area contributed by atoms with Gasteiger partial charge in [0.05, 0.1) is 11.6 Å². The standard InChI is InChI=1S/C17H16N4O2S2/c18-10-13-3-1-12(2-4-13)9-14-11-19-16(25-14)20-15(22)5-6-21-7-8-24-17(21)23/h1-4,11H,5-9H2,(H,19,20,22). The molecule has 0 atom stereocenters. The van der Waals surface area contributed by atoms with E-state index in [4.69, 9.17) is 5.26 Å². The molecule has 1 saturated heterocycles. The molecule has 3 rings (SSSR count). The van der Waals surface area contributed by atoms with Gasteiger partial charge in [0, 0.05) is 42.8 Å². The van der Waals surface area contributed by atoms with E-state index in [2.05, 4.69) is 16.4 Å². The molecule has 1 fully saturated rings. The zero-order chi connectivity index (χ0) is 17.6. The van der Waals surface area contributed by atoms with Crippen LogP contribution in [0.15, 0.2) is 30.5 Å². The van der Waals surface area contributed by atoms with E-state index < -0.39 is 0 Å². The van der Waals surface area contributed by atoms with Crippen molar-refractivity contribution in [2.24, 2.45) is 0 Å². The van der Waals surface area contributed by atoms with E-state index in [1.165, 1.54) is 23.1 Å². The summed E-state index contributed by atoms with van der Waals surface area (Å²) in [6.07, 6.45) is 2.73. The first-order chi connectivity index (χ1) is 12.1. The average molecular weight is 372 g/mol. The fraction of sp³-hybridized carbons (Fsp3) is 0.294. The summed E-state index contributed by atoms with van der Waals surface area (Å²) in [7, 11) is 0. The number of amides is 2. The Bertz CT molecular complexity index is 811. The minimum atomic E-state index is -0.135. The maximum Gasteiger partial charge on any atom is 0.281 e. The highest BCUT2D eigenvalue weighted by Crippen LogP contribution is 2.22. The Balaban J connectivity index is 1.49. The number of rotatable bonds is 6. The third-order valence-corrected chi connectivity index (χ3v) is 5.52. The van der Waals surface area contributed by atoms with Gasteiger partial charge < -0.3 is 10.2 Å². The monoisotopic (exact) mass is 372 g/mol. The predicted octanol–water partition coefficient (Wildman–Crippen LogP) is 3.10. The highest BCUT2D eigenvalue weighted by molar-refractivity contribution is 8.13. The molecule has 0 radical (unpaired) electrons. The molecule has 1 aromatic heterocycles. The largest absolute Gasteiger partial charge is 0.332 e. The maximum absolute atomic E-state index is 12.0. The van der Waals surface area contributed by atoms with E-state index in [0.29, 0.717) is 30.2 Å². The van der Waals surface area contributed by atoms with Crippen molar-refractivity contribution in [3.05, 3.63) is 46.5 Å². The first kappa shape index (κ1) is 17.5. The Labute approximate surface area is 153 Å². The van der Waals surface area contributed by atoms with Crippen LogP contribution in [0.4, 0.5) is 9.93 Å². The van der Waals surface area contributed by atoms with E-state index in [1.807, 2.05) is 12.1 Å². The van der Waals surface area contributed by atoms with Gasteiger partial charge in [-0.3, -0.25) is 9.59 Å². The van der Waals surface area contributed by atoms with Gasteiger partial charge in [0.25, 0.3) is 5.24 Å². The van der Waals surface area contributed by atoms with Crippen LogP contribution >= 0.6 is 23.1 Å². The van der Waals surface area contributed by atoms with Crippen LogP contribution in [0.1, 0.15) is 22.4 Å². The number of hydrogen-bond acceptors (Lipinski definition) is 6. The SMILES string of the molecule is N#Cc1ccc(Cc2cnc(NC(=O)CCN3CCSC3=O)s2)cc1. The summed E-state index contributed by atoms with van der Waals surface area (Å²) in [6.45, 7) is 1.16. The molecule has 6 nitrogen and oxygen atoms in total. The smallest absolute Gasteiger partial charge is 0.281 e. The summed E-state index contributed by atoms with van der Waals surface area (Å²) in [4.78, 5) is 30.4. The first-order valence-electron chi connectivity index (χ1n) is 7.79. The van der Waals surface area contributed by atoms with Gasteiger partial charge in [-0.2, -0.15) is 5.26 Å². The second-order valence-electron chi connectivity index (χ2n) is 5.52. The van der Waals surface area contributed by atoms with Crippen LogP contribution < -0.4 is 5.32 Å². The van der Waals surface area contributed by atoms with Crippen LogP contribution in [0.25, 0.3) is 0 Å². The van der Waals surface area contributed by atoms with Crippen molar-refractivity contribution in [3.8, 4) is 6.07 Å². The fourth-order valence-corrected chi connectivity index (χ4v) is 4.11. The van der Waals surface area contributed by atoms with Gasteiger partial charge in [-0.15, -0.1) is 11.3 Å². The minimum Gasteiger partial charge on any atom is -0.332 e. The molecule has 0 unspecified atom stereocenters. The average Bonchev–Trinajstić information content (AvgIpc) is 3.22. The number of benzene rings is 1. The van der Waals surface area contributed by atoms with E-state index in [1.54, 1.807) is 23.2 Å². The van der Waals surface area contributed by atoms with Gasteiger partial charge in [0.15, 0.2) is 5.13 Å². The summed E-state index contributed by atoms with van der Waals surface area (Å²) >= 11 is 2.73. The van der Waals surface area contributed by atoms with E-state index in [9.17, 15) is 9.59 Å². The second kappa shape index (κ2) is 8.14. The van der Waals surface area contributed by atoms with Crippen molar-refractivity contribution in [2.45, 2.75) is 12.8 Å². The Hall–Kier alpha value is -2.37. The summed E-state index contributed by atoms with van der Waals surface area (Å²) in [5, 5.41) is 12.2. The Kier molecular flexibility index (Phi) is 5.68. The van der Waals surface area contributed by atoms with Crippen LogP contribution in [0.3, 0.4) is 0 Å². The number of carbonyl (C=O) groups is 2. The number of thiazole rings is 1. The van der Waals surface area contributed by atoms with E-state index >= 15 is 0 Å². The zero-order valence-corrected chi connectivity index (χ0v) is 15.0. The summed E-state index contributed by atoms with van der Waals surface area (Å²) in [6, 6.07) is 9.51. The van der Waals surface area contributed by atoms with Gasteiger partial charge >= 0.3 is 0 Å². The molecular weight excluding hydrogens is 356 g/mol. The predicted molar refractivity (Wildman–Crippen MR) is 98.8 cm³/mol. The van der Waals surface area contributed by atoms with Gasteiger partial charge in [-0.1, -0.05) is 23.9 Å². The number of nitriles is 1. The molecule has 1 N–H and O–H groups in total. The second-order valence-corrected chi connectivity index (χ2v) is 7.68. The number of carbonyl (C=O) groups excluding carboxylic acids is 2. The summed E-state index contributed by atoms with van der Waals surface area (Å²) in [5.41, 5.74) is 1.72. The zero-order valence-electron chi connectivity index (χ0n) is 13.4. The molecule has 1 aromatic carbocycles. The van der Waals surface area contributed by atoms with E-state index in [-0.39, 0.29) is 17.6 Å². The lowest BCUT2D eigenvalue weighted by Gasteiger charge is -2.13. The lowest BCUT2D eigenvalue weighted by atomic mass is 10.1. The number of nitrogens with one attached hydrogen (secondary N) is 1. The molecule has 8 heteroatoms. The molecule has 1 aliphatic rings. The van der Waals surface area contributed by atoms with E-state index in [0.717, 1.165) is 16.2 Å². The molecule has 0 spiro atoms. The number of hydrogen-bond donors (Lipinski definition) is 1. The molecule has 0 bridgehead atoms. The van der Waals surface area contributed by atoms with Crippen molar-refractivity contribution in [1.82, 2.24) is 9.88 Å². The first-order valence-corrected chi connectivity index (χ1v) is 9.59. The molecule has 2 amide bonds. The highest BCUT2D eigenvalue weighted by atomic mass is 32.2. The molecule has 0 saturated carbocycles. The fourth-order valence-electron chi connectivity index (χ4n) is 2.39. The Morgan fingerprint density at radius 1 is 1.36 bits per heavy atom. The Morgan fingerprint density at radius 3 is 2.84 bits per heavy atom. The molecule has 2 aromatic rings. The van der Waals surface area contributed by atoms with Crippen molar-refractivity contribution >= 4 is 39.4 Å². The third-order valence-electron chi connectivity index (χ3n) is 3.72. The summed E-state index contributed by atoms with van der Waals surface area (Å²) in [5.74, 6) is 0.662. The molecule has 0 aliphatic carbocycles. The van der Waals surface area contributed by atoms with Crippen LogP contribution in [0, 0.1) is 11.3 Å². The van der Waals surface area contributed by atoms with Gasteiger partial charge in [-0.05, 0) is 17.7 Å². The number of nitrogens with zero attached hydrogens (tertiary/aromatic N) is 3. The van der Waals surface area contributed by atoms with Crippen molar-refractivity contribution in [1.29, 1.82) is 5.26 Å². The lowest BCUT2D eigenvalue weighted by Crippen LogP contribution is -2.27. The van der Waals surface area contributed by atoms with Crippen LogP contribution in [-0.2, 0) is 11.2 Å². The number of aromatic nitrogens is 1. The number of anilines is 1. The van der Waals surface area contributed by atoms with Gasteiger partial charge in [-0.25, -0.2) is 4.98 Å². The maximum atomic E-state index is 12.0. The third kappa shape index (κ3) is 4.81. The number of thioether (sulfide) groups is 1. The van der Waals surface area contributed by atoms with Crippen LogP contribution in [0.2, 0.25) is 0 Å². The van der Waals surface area contributed by atoms with Crippen molar-refractivity contribution in [3.63, 3.8) is 0 Å². The van der Waals surface area contributed by atoms with Crippen LogP contribution in [0.5, 0.6) is 0 Å². The molecule has 2 heterocycles. The lowest BCUT2D eigenvalue weighted by molar-refractivity contribution is -0.116. The molecule has 1 aliphatic heterocycles. The quantitative estimate of drug-likeness (QED) is 0.842. The van der Waals surface area contributed by atoms with Crippen LogP contribution in [-0.4, -0.2) is 39.9 Å². The minimum absolute atomic E-state index is 0.0479. The van der Waals surface area contributed by atoms with Gasteiger partial charge in [0.2, 0.25) is 5.91 Å². The topological polar surface area (TPSA) is 86.1 Å². The molecule has 25 heavy (non-hydrogen) atoms. The molecule has 128 valence electrons. The Morgan fingerprint density at radius 2 is 2.16 bits per heavy atom. The summed E-state index contributed by atoms with van der Waals surface area (Å²) < 4.78 is 0. The van der Waals surface area contributed by atoms with Gasteiger partial charge in [0.1, 0.15) is 0 Å². The normalized spacial score (nSPS) is 13.7. The van der Waals surface area contributed by atoms with Crippen molar-refractivity contribution < 1.29 is 9.59 Å². The molecular formula is C17H16N4O2S2. The van der Waals surface area contributed by atoms with Crippen molar-refractivity contribution in [2.75, 3.05) is 24.2 Å².